The molecule has 1 atom stereocenters. The molecule has 1 unspecified atom stereocenters. The van der Waals surface area contributed by atoms with E-state index in [0.717, 1.165) is 122 Å². The van der Waals surface area contributed by atoms with Gasteiger partial charge in [-0.15, -0.1) is 0 Å². The molecule has 0 aliphatic heterocycles. The van der Waals surface area contributed by atoms with Gasteiger partial charge in [0.05, 0.1) is 0 Å². The predicted octanol–water partition coefficient (Wildman–Crippen LogP) is 23.8. The highest BCUT2D eigenvalue weighted by atomic mass is 16.6. The smallest absolute Gasteiger partial charge is 0.306 e. The second-order valence-electron chi connectivity index (χ2n) is 22.7. The van der Waals surface area contributed by atoms with E-state index in [1.807, 2.05) is 0 Å². The number of carbonyl (C=O) groups excluding carboxylic acids is 3. The van der Waals surface area contributed by atoms with Gasteiger partial charge in [0.15, 0.2) is 6.10 Å². The lowest BCUT2D eigenvalue weighted by Gasteiger charge is -2.18. The third kappa shape index (κ3) is 66.8. The second kappa shape index (κ2) is 68.6. The van der Waals surface area contributed by atoms with E-state index >= 15 is 0 Å². The van der Waals surface area contributed by atoms with Crippen molar-refractivity contribution in [3.8, 4) is 0 Å². The highest BCUT2D eigenvalue weighted by Crippen LogP contribution is 2.16. The zero-order valence-electron chi connectivity index (χ0n) is 53.3. The largest absolute Gasteiger partial charge is 0.462 e. The minimum absolute atomic E-state index is 0.0875. The van der Waals surface area contributed by atoms with Gasteiger partial charge in [-0.25, -0.2) is 0 Å². The Morgan fingerprint density at radius 3 is 0.778 bits per heavy atom. The van der Waals surface area contributed by atoms with Crippen LogP contribution in [-0.4, -0.2) is 37.2 Å². The van der Waals surface area contributed by atoms with Crippen LogP contribution in [0.25, 0.3) is 0 Å². The van der Waals surface area contributed by atoms with Crippen molar-refractivity contribution >= 4 is 17.9 Å². The summed E-state index contributed by atoms with van der Waals surface area (Å²) in [6, 6.07) is 0. The molecule has 0 fully saturated rings. The van der Waals surface area contributed by atoms with E-state index in [9.17, 15) is 14.4 Å². The van der Waals surface area contributed by atoms with Crippen LogP contribution < -0.4 is 0 Å². The first-order chi connectivity index (χ1) is 40.0. The summed E-state index contributed by atoms with van der Waals surface area (Å²) in [7, 11) is 0. The quantitative estimate of drug-likeness (QED) is 0.0261. The lowest BCUT2D eigenvalue weighted by molar-refractivity contribution is -0.167. The Bertz CT molecular complexity index is 1620. The molecule has 6 nitrogen and oxygen atoms in total. The molecule has 0 aliphatic rings. The molecule has 0 bridgehead atoms. The number of ether oxygens (including phenoxy) is 3. The zero-order valence-corrected chi connectivity index (χ0v) is 53.3. The summed E-state index contributed by atoms with van der Waals surface area (Å²) in [5.41, 5.74) is 0. The Morgan fingerprint density at radius 2 is 0.481 bits per heavy atom. The van der Waals surface area contributed by atoms with Crippen molar-refractivity contribution in [2.75, 3.05) is 13.2 Å². The standard InChI is InChI=1S/C75H128O6/c1-4-7-10-13-16-19-22-25-28-31-33-34-35-36-37-38-39-40-42-44-47-50-53-56-59-62-65-68-74(77)80-71-72(70-79-73(76)67-64-61-58-55-52-49-46-43-30-27-24-21-18-15-12-9-6-3)81-75(78)69-66-63-60-57-54-51-48-45-41-32-29-26-23-20-17-14-11-8-5-2/h8,11,17-18,20-22,25-27,29-31,33,35-36,41,45,72H,4-7,9-10,12-16,19,23-24,28,32,34,37-40,42-44,46-71H2,1-3H3/b11-8-,20-17-,21-18-,25-22-,29-26-,30-27-,33-31-,36-35-,45-41-. The van der Waals surface area contributed by atoms with E-state index in [0.29, 0.717) is 19.3 Å². The molecule has 0 aliphatic carbocycles. The Hall–Kier alpha value is -3.93. The van der Waals surface area contributed by atoms with Gasteiger partial charge in [-0.1, -0.05) is 291 Å². The summed E-state index contributed by atoms with van der Waals surface area (Å²) in [5.74, 6) is -0.900. The minimum Gasteiger partial charge on any atom is -0.462 e. The average Bonchev–Trinajstić information content (AvgIpc) is 3.47. The molecule has 0 N–H and O–H groups in total. The number of unbranched alkanes of at least 4 members (excludes halogenated alkanes) is 33. The second-order valence-corrected chi connectivity index (χ2v) is 22.7. The number of carbonyl (C=O) groups is 3. The first-order valence-electron chi connectivity index (χ1n) is 34.4. The van der Waals surface area contributed by atoms with Crippen molar-refractivity contribution in [1.82, 2.24) is 0 Å². The summed E-state index contributed by atoms with van der Waals surface area (Å²) < 4.78 is 17.0. The van der Waals surface area contributed by atoms with E-state index in [-0.39, 0.29) is 31.1 Å². The van der Waals surface area contributed by atoms with Gasteiger partial charge in [0, 0.05) is 19.3 Å². The van der Waals surface area contributed by atoms with E-state index < -0.39 is 6.10 Å². The first-order valence-corrected chi connectivity index (χ1v) is 34.4. The van der Waals surface area contributed by atoms with Crippen LogP contribution in [0, 0.1) is 0 Å². The molecule has 464 valence electrons. The fourth-order valence-electron chi connectivity index (χ4n) is 9.59. The molecular formula is C75H128O6. The molecule has 0 radical (unpaired) electrons. The number of hydrogen-bond donors (Lipinski definition) is 0. The Morgan fingerprint density at radius 1 is 0.259 bits per heavy atom. The van der Waals surface area contributed by atoms with E-state index in [2.05, 4.69) is 130 Å². The van der Waals surface area contributed by atoms with Crippen LogP contribution in [0.3, 0.4) is 0 Å². The van der Waals surface area contributed by atoms with Gasteiger partial charge >= 0.3 is 17.9 Å². The number of hydrogen-bond acceptors (Lipinski definition) is 6. The summed E-state index contributed by atoms with van der Waals surface area (Å²) in [6.07, 6.45) is 93.8. The molecule has 0 heterocycles. The zero-order chi connectivity index (χ0) is 58.5. The molecule has 81 heavy (non-hydrogen) atoms. The Kier molecular flexibility index (Phi) is 65.2. The lowest BCUT2D eigenvalue weighted by Crippen LogP contribution is -2.30. The van der Waals surface area contributed by atoms with Crippen LogP contribution >= 0.6 is 0 Å². The molecule has 6 heteroatoms. The van der Waals surface area contributed by atoms with Crippen LogP contribution in [-0.2, 0) is 28.6 Å². The molecule has 0 amide bonds. The number of esters is 3. The maximum absolute atomic E-state index is 12.9. The maximum Gasteiger partial charge on any atom is 0.306 e. The van der Waals surface area contributed by atoms with Crippen LogP contribution in [0.2, 0.25) is 0 Å². The molecule has 0 rings (SSSR count). The topological polar surface area (TPSA) is 78.9 Å². The van der Waals surface area contributed by atoms with Crippen LogP contribution in [0.4, 0.5) is 0 Å². The van der Waals surface area contributed by atoms with Gasteiger partial charge in [0.1, 0.15) is 13.2 Å². The lowest BCUT2D eigenvalue weighted by atomic mass is 10.0. The van der Waals surface area contributed by atoms with Gasteiger partial charge in [0.2, 0.25) is 0 Å². The van der Waals surface area contributed by atoms with E-state index in [4.69, 9.17) is 14.2 Å². The molecule has 0 aromatic rings. The molecular weight excluding hydrogens is 997 g/mol. The van der Waals surface area contributed by atoms with Gasteiger partial charge in [-0.3, -0.25) is 14.4 Å². The van der Waals surface area contributed by atoms with Gasteiger partial charge in [-0.05, 0) is 128 Å². The predicted molar refractivity (Wildman–Crippen MR) is 353 cm³/mol. The molecule has 0 aromatic heterocycles. The third-order valence-corrected chi connectivity index (χ3v) is 14.7. The summed E-state index contributed by atoms with van der Waals surface area (Å²) >= 11 is 0. The van der Waals surface area contributed by atoms with Crippen LogP contribution in [0.5, 0.6) is 0 Å². The SMILES string of the molecule is CC/C=C\C/C=C\C/C=C\C/C=C\CCCCCCCCC(=O)OC(COC(=O)CCCCCCCCC/C=C\C/C=C\CCCCC)COC(=O)CCCCCCCCCCCCCC/C=C\C/C=C\C/C=C\CCCCCCC. The Balaban J connectivity index is 4.36. The summed E-state index contributed by atoms with van der Waals surface area (Å²) in [4.78, 5) is 38.4. The normalized spacial score (nSPS) is 12.8. The van der Waals surface area contributed by atoms with Gasteiger partial charge < -0.3 is 14.2 Å². The van der Waals surface area contributed by atoms with E-state index in [1.165, 1.54) is 167 Å². The number of allylic oxidation sites excluding steroid dienone is 18. The van der Waals surface area contributed by atoms with Gasteiger partial charge in [0.25, 0.3) is 0 Å². The first kappa shape index (κ1) is 77.1. The maximum atomic E-state index is 12.9. The summed E-state index contributed by atoms with van der Waals surface area (Å²) in [6.45, 7) is 6.50. The van der Waals surface area contributed by atoms with E-state index in [1.54, 1.807) is 0 Å². The number of rotatable bonds is 62. The van der Waals surface area contributed by atoms with Crippen LogP contribution in [0.15, 0.2) is 109 Å². The van der Waals surface area contributed by atoms with Crippen molar-refractivity contribution < 1.29 is 28.6 Å². The molecule has 0 saturated heterocycles. The highest BCUT2D eigenvalue weighted by molar-refractivity contribution is 5.71. The fraction of sp³-hybridized carbons (Fsp3) is 0.720. The molecule has 0 spiro atoms. The van der Waals surface area contributed by atoms with Crippen molar-refractivity contribution in [2.45, 2.75) is 335 Å². The van der Waals surface area contributed by atoms with Crippen molar-refractivity contribution in [3.05, 3.63) is 109 Å². The average molecular weight is 1130 g/mol. The van der Waals surface area contributed by atoms with Crippen LogP contribution in [0.1, 0.15) is 329 Å². The van der Waals surface area contributed by atoms with Gasteiger partial charge in [-0.2, -0.15) is 0 Å². The highest BCUT2D eigenvalue weighted by Gasteiger charge is 2.19. The van der Waals surface area contributed by atoms with Crippen molar-refractivity contribution in [3.63, 3.8) is 0 Å². The molecule has 0 saturated carbocycles. The minimum atomic E-state index is -0.794. The van der Waals surface area contributed by atoms with Crippen molar-refractivity contribution in [1.29, 1.82) is 0 Å². The third-order valence-electron chi connectivity index (χ3n) is 14.7. The fourth-order valence-corrected chi connectivity index (χ4v) is 9.59. The van der Waals surface area contributed by atoms with Crippen molar-refractivity contribution in [2.24, 2.45) is 0 Å². The summed E-state index contributed by atoms with van der Waals surface area (Å²) in [5, 5.41) is 0. The monoisotopic (exact) mass is 1120 g/mol. The molecule has 0 aromatic carbocycles. The Labute approximate surface area is 501 Å².